The second-order valence-corrected chi connectivity index (χ2v) is 6.04. The van der Waals surface area contributed by atoms with Crippen molar-refractivity contribution < 1.29 is 19.7 Å². The van der Waals surface area contributed by atoms with Crippen LogP contribution in [0.15, 0.2) is 37.4 Å². The van der Waals surface area contributed by atoms with Gasteiger partial charge in [0.2, 0.25) is 0 Å². The van der Waals surface area contributed by atoms with Gasteiger partial charge in [-0.25, -0.2) is 0 Å². The van der Waals surface area contributed by atoms with Crippen molar-refractivity contribution in [1.29, 1.82) is 0 Å². The van der Waals surface area contributed by atoms with E-state index < -0.39 is 5.97 Å². The normalized spacial score (nSPS) is 10.2. The number of hydrogen-bond acceptors (Lipinski definition) is 4. The lowest BCUT2D eigenvalue weighted by molar-refractivity contribution is -0.134. The third-order valence-electron chi connectivity index (χ3n) is 3.39. The molecule has 0 heterocycles. The number of benzene rings is 1. The predicted octanol–water partition coefficient (Wildman–Crippen LogP) is 3.97. The van der Waals surface area contributed by atoms with Crippen LogP contribution in [0.5, 0.6) is 11.5 Å². The number of phenols is 1. The average molecular weight is 349 g/mol. The van der Waals surface area contributed by atoms with E-state index in [0.29, 0.717) is 18.3 Å². The lowest BCUT2D eigenvalue weighted by Crippen LogP contribution is -2.28. The molecule has 0 unspecified atom stereocenters. The standard InChI is InChI=1S/C18H27NO2.C2H4O2/c1-6-8-19(9-7-2)10-11-21-18-12-15(5)17(20)13-16(18)14(3)4;1-2(3)4/h6-7,12-14,20H,1-2,8-11H2,3-5H3;1H3,(H,3,4). The third kappa shape index (κ3) is 9.57. The van der Waals surface area contributed by atoms with E-state index in [9.17, 15) is 5.11 Å². The number of aromatic hydroxyl groups is 1. The fourth-order valence-corrected chi connectivity index (χ4v) is 2.17. The van der Waals surface area contributed by atoms with Crippen LogP contribution in [0.3, 0.4) is 0 Å². The summed E-state index contributed by atoms with van der Waals surface area (Å²) in [6.45, 7) is 17.7. The highest BCUT2D eigenvalue weighted by Gasteiger charge is 2.12. The minimum Gasteiger partial charge on any atom is -0.508 e. The van der Waals surface area contributed by atoms with Gasteiger partial charge >= 0.3 is 0 Å². The smallest absolute Gasteiger partial charge is 0.300 e. The van der Waals surface area contributed by atoms with Crippen LogP contribution in [-0.4, -0.2) is 47.3 Å². The number of nitrogens with zero attached hydrogens (tertiary/aromatic N) is 1. The van der Waals surface area contributed by atoms with Gasteiger partial charge in [-0.2, -0.15) is 0 Å². The van der Waals surface area contributed by atoms with Crippen molar-refractivity contribution in [2.75, 3.05) is 26.2 Å². The third-order valence-corrected chi connectivity index (χ3v) is 3.39. The highest BCUT2D eigenvalue weighted by atomic mass is 16.5. The van der Waals surface area contributed by atoms with Crippen molar-refractivity contribution in [2.45, 2.75) is 33.6 Å². The molecular formula is C20H31NO4. The number of ether oxygens (including phenoxy) is 1. The van der Waals surface area contributed by atoms with E-state index in [2.05, 4.69) is 31.9 Å². The highest BCUT2D eigenvalue weighted by Crippen LogP contribution is 2.32. The molecule has 0 amide bonds. The van der Waals surface area contributed by atoms with Gasteiger partial charge in [0.25, 0.3) is 5.97 Å². The van der Waals surface area contributed by atoms with Crippen LogP contribution in [0.25, 0.3) is 0 Å². The molecule has 0 spiro atoms. The van der Waals surface area contributed by atoms with Crippen LogP contribution < -0.4 is 4.74 Å². The van der Waals surface area contributed by atoms with Gasteiger partial charge in [-0.05, 0) is 30.5 Å². The summed E-state index contributed by atoms with van der Waals surface area (Å²) in [7, 11) is 0. The van der Waals surface area contributed by atoms with Gasteiger partial charge in [0, 0.05) is 32.1 Å². The summed E-state index contributed by atoms with van der Waals surface area (Å²) in [5.74, 6) is 0.660. The number of carbonyl (C=O) groups is 1. The van der Waals surface area contributed by atoms with Gasteiger partial charge in [-0.3, -0.25) is 9.69 Å². The van der Waals surface area contributed by atoms with E-state index in [-0.39, 0.29) is 0 Å². The number of aryl methyl sites for hydroxylation is 1. The molecule has 0 aromatic heterocycles. The van der Waals surface area contributed by atoms with E-state index in [4.69, 9.17) is 14.6 Å². The molecular weight excluding hydrogens is 318 g/mol. The molecule has 2 N–H and O–H groups in total. The number of hydrogen-bond donors (Lipinski definition) is 2. The number of phenolic OH excluding ortho intramolecular Hbond substituents is 1. The maximum atomic E-state index is 9.84. The van der Waals surface area contributed by atoms with Gasteiger partial charge in [-0.15, -0.1) is 13.2 Å². The summed E-state index contributed by atoms with van der Waals surface area (Å²) in [5.41, 5.74) is 1.88. The Bertz CT molecular complexity index is 553. The van der Waals surface area contributed by atoms with Gasteiger partial charge in [0.1, 0.15) is 18.1 Å². The van der Waals surface area contributed by atoms with Crippen molar-refractivity contribution in [1.82, 2.24) is 4.90 Å². The monoisotopic (exact) mass is 349 g/mol. The SMILES string of the molecule is C=CCN(CC=C)CCOc1cc(C)c(O)cc1C(C)C.CC(=O)O. The molecule has 5 nitrogen and oxygen atoms in total. The molecule has 0 atom stereocenters. The molecule has 0 saturated carbocycles. The lowest BCUT2D eigenvalue weighted by atomic mass is 10.00. The Balaban J connectivity index is 0.00000129. The molecule has 0 aliphatic rings. The largest absolute Gasteiger partial charge is 0.508 e. The summed E-state index contributed by atoms with van der Waals surface area (Å²) in [4.78, 5) is 11.2. The molecule has 1 aromatic carbocycles. The number of carboxylic acid groups (broad SMARTS) is 1. The first-order chi connectivity index (χ1) is 11.7. The zero-order valence-corrected chi connectivity index (χ0v) is 15.8. The Kier molecular flexibility index (Phi) is 11.0. The zero-order valence-electron chi connectivity index (χ0n) is 15.8. The number of carboxylic acids is 1. The fraction of sp³-hybridized carbons (Fsp3) is 0.450. The molecule has 1 rings (SSSR count). The highest BCUT2D eigenvalue weighted by molar-refractivity contribution is 5.62. The molecule has 0 aliphatic heterocycles. The molecule has 5 heteroatoms. The van der Waals surface area contributed by atoms with Crippen LogP contribution in [0.1, 0.15) is 37.8 Å². The summed E-state index contributed by atoms with van der Waals surface area (Å²) in [6.07, 6.45) is 3.77. The average Bonchev–Trinajstić information content (AvgIpc) is 2.50. The zero-order chi connectivity index (χ0) is 19.4. The van der Waals surface area contributed by atoms with Crippen molar-refractivity contribution in [3.05, 3.63) is 48.6 Å². The molecule has 1 aromatic rings. The predicted molar refractivity (Wildman–Crippen MR) is 103 cm³/mol. The van der Waals surface area contributed by atoms with Crippen molar-refractivity contribution in [3.8, 4) is 11.5 Å². The first-order valence-electron chi connectivity index (χ1n) is 8.32. The summed E-state index contributed by atoms with van der Waals surface area (Å²) in [5, 5.41) is 17.3. The van der Waals surface area contributed by atoms with E-state index in [1.807, 2.05) is 25.1 Å². The minimum absolute atomic E-state index is 0.309. The fourth-order valence-electron chi connectivity index (χ4n) is 2.17. The first kappa shape index (κ1) is 22.7. The molecule has 25 heavy (non-hydrogen) atoms. The van der Waals surface area contributed by atoms with Gasteiger partial charge < -0.3 is 14.9 Å². The van der Waals surface area contributed by atoms with Gasteiger partial charge in [-0.1, -0.05) is 26.0 Å². The molecule has 0 saturated heterocycles. The summed E-state index contributed by atoms with van der Waals surface area (Å²) in [6, 6.07) is 3.72. The van der Waals surface area contributed by atoms with E-state index in [1.54, 1.807) is 6.07 Å². The van der Waals surface area contributed by atoms with Crippen LogP contribution in [0.2, 0.25) is 0 Å². The number of rotatable bonds is 9. The van der Waals surface area contributed by atoms with Gasteiger partial charge in [0.15, 0.2) is 0 Å². The van der Waals surface area contributed by atoms with Crippen LogP contribution in [0, 0.1) is 6.92 Å². The maximum absolute atomic E-state index is 9.84. The van der Waals surface area contributed by atoms with Gasteiger partial charge in [0.05, 0.1) is 0 Å². The number of aliphatic carboxylic acids is 1. The van der Waals surface area contributed by atoms with E-state index >= 15 is 0 Å². The Morgan fingerprint density at radius 1 is 1.28 bits per heavy atom. The van der Waals surface area contributed by atoms with Crippen molar-refractivity contribution in [3.63, 3.8) is 0 Å². The van der Waals surface area contributed by atoms with Crippen LogP contribution in [-0.2, 0) is 4.79 Å². The molecule has 0 bridgehead atoms. The Labute approximate surface area is 151 Å². The molecule has 0 aliphatic carbocycles. The quantitative estimate of drug-likeness (QED) is 0.660. The van der Waals surface area contributed by atoms with Crippen molar-refractivity contribution in [2.24, 2.45) is 0 Å². The Morgan fingerprint density at radius 2 is 1.80 bits per heavy atom. The summed E-state index contributed by atoms with van der Waals surface area (Å²) >= 11 is 0. The van der Waals surface area contributed by atoms with Crippen LogP contribution in [0.4, 0.5) is 0 Å². The van der Waals surface area contributed by atoms with Crippen molar-refractivity contribution >= 4 is 5.97 Å². The lowest BCUT2D eigenvalue weighted by Gasteiger charge is -2.20. The topological polar surface area (TPSA) is 70.0 Å². The molecule has 0 fully saturated rings. The van der Waals surface area contributed by atoms with E-state index in [1.165, 1.54) is 0 Å². The Hall–Kier alpha value is -2.27. The van der Waals surface area contributed by atoms with E-state index in [0.717, 1.165) is 43.4 Å². The second kappa shape index (κ2) is 12.1. The molecule has 0 radical (unpaired) electrons. The van der Waals surface area contributed by atoms with Crippen LogP contribution >= 0.6 is 0 Å². The minimum atomic E-state index is -0.833. The maximum Gasteiger partial charge on any atom is 0.300 e. The second-order valence-electron chi connectivity index (χ2n) is 6.04. The summed E-state index contributed by atoms with van der Waals surface area (Å²) < 4.78 is 5.94. The first-order valence-corrected chi connectivity index (χ1v) is 8.32. The Morgan fingerprint density at radius 3 is 2.24 bits per heavy atom. The molecule has 140 valence electrons.